The van der Waals surface area contributed by atoms with E-state index in [0.717, 1.165) is 11.4 Å². The summed E-state index contributed by atoms with van der Waals surface area (Å²) in [6.07, 6.45) is 0. The van der Waals surface area contributed by atoms with Gasteiger partial charge in [-0.1, -0.05) is 35.9 Å². The Kier molecular flexibility index (Phi) is 6.04. The number of hydrogen-bond donors (Lipinski definition) is 3. The Labute approximate surface area is 187 Å². The summed E-state index contributed by atoms with van der Waals surface area (Å²) >= 11 is 0. The molecule has 3 aromatic carbocycles. The molecule has 0 aliphatic rings. The summed E-state index contributed by atoms with van der Waals surface area (Å²) < 4.78 is 27.5. The van der Waals surface area contributed by atoms with Crippen LogP contribution in [0.1, 0.15) is 11.4 Å². The van der Waals surface area contributed by atoms with E-state index in [0.29, 0.717) is 23.1 Å². The van der Waals surface area contributed by atoms with Gasteiger partial charge in [-0.2, -0.15) is 0 Å². The van der Waals surface area contributed by atoms with E-state index in [1.54, 1.807) is 54.6 Å². The average molecular weight is 446 g/mol. The predicted molar refractivity (Wildman–Crippen MR) is 128 cm³/mol. The number of aromatic nitrogens is 2. The van der Waals surface area contributed by atoms with Crippen molar-refractivity contribution in [1.29, 1.82) is 0 Å². The Morgan fingerprint density at radius 2 is 1.16 bits per heavy atom. The zero-order chi connectivity index (χ0) is 22.6. The molecule has 1 aromatic heterocycles. The summed E-state index contributed by atoms with van der Waals surface area (Å²) in [5, 5.41) is 6.51. The lowest BCUT2D eigenvalue weighted by Gasteiger charge is -2.12. The van der Waals surface area contributed by atoms with Gasteiger partial charge in [0.2, 0.25) is 0 Å². The summed E-state index contributed by atoms with van der Waals surface area (Å²) in [5.74, 6) is 1.93. The molecule has 0 aliphatic heterocycles. The van der Waals surface area contributed by atoms with Crippen molar-refractivity contribution in [2.24, 2.45) is 0 Å². The van der Waals surface area contributed by atoms with E-state index in [-0.39, 0.29) is 4.90 Å². The lowest BCUT2D eigenvalue weighted by Crippen LogP contribution is -2.12. The molecule has 0 spiro atoms. The van der Waals surface area contributed by atoms with Crippen molar-refractivity contribution >= 4 is 38.7 Å². The first-order chi connectivity index (χ1) is 15.4. The fraction of sp³-hybridized carbons (Fsp3) is 0.0833. The lowest BCUT2D eigenvalue weighted by atomic mass is 10.2. The minimum Gasteiger partial charge on any atom is -0.340 e. The van der Waals surface area contributed by atoms with Crippen LogP contribution in [0.25, 0.3) is 0 Å². The van der Waals surface area contributed by atoms with E-state index in [1.807, 2.05) is 44.2 Å². The number of nitrogens with one attached hydrogen (secondary N) is 3. The highest BCUT2D eigenvalue weighted by Gasteiger charge is 2.13. The summed E-state index contributed by atoms with van der Waals surface area (Å²) in [6.45, 7) is 3.87. The van der Waals surface area contributed by atoms with Gasteiger partial charge in [-0.25, -0.2) is 18.4 Å². The number of nitrogens with zero attached hydrogens (tertiary/aromatic N) is 2. The second-order valence-corrected chi connectivity index (χ2v) is 8.98. The first-order valence-electron chi connectivity index (χ1n) is 10.0. The third-order valence-electron chi connectivity index (χ3n) is 4.62. The monoisotopic (exact) mass is 445 g/mol. The van der Waals surface area contributed by atoms with Crippen LogP contribution in [0.5, 0.6) is 0 Å². The number of benzene rings is 3. The Balaban J connectivity index is 1.46. The molecule has 32 heavy (non-hydrogen) atoms. The Bertz CT molecular complexity index is 1310. The van der Waals surface area contributed by atoms with Crippen LogP contribution in [0.2, 0.25) is 0 Å². The topological polar surface area (TPSA) is 96.0 Å². The molecule has 0 atom stereocenters. The number of anilines is 5. The van der Waals surface area contributed by atoms with Crippen LogP contribution in [-0.4, -0.2) is 18.4 Å². The molecule has 3 N–H and O–H groups in total. The molecule has 0 fully saturated rings. The molecule has 1 heterocycles. The molecule has 0 saturated heterocycles. The summed E-state index contributed by atoms with van der Waals surface area (Å²) in [5.41, 5.74) is 3.37. The van der Waals surface area contributed by atoms with Crippen LogP contribution in [0, 0.1) is 13.8 Å². The molecule has 0 bridgehead atoms. The van der Waals surface area contributed by atoms with E-state index in [9.17, 15) is 8.42 Å². The van der Waals surface area contributed by atoms with Crippen LogP contribution >= 0.6 is 0 Å². The molecule has 0 amide bonds. The second-order valence-electron chi connectivity index (χ2n) is 7.30. The van der Waals surface area contributed by atoms with Crippen LogP contribution < -0.4 is 15.4 Å². The maximum Gasteiger partial charge on any atom is 0.261 e. The SMILES string of the molecule is Cc1ccc(Nc2cc(Nc3ccc(NS(=O)(=O)c4ccccc4)cc3)nc(C)n2)cc1. The Hall–Kier alpha value is -3.91. The molecule has 4 aromatic rings. The minimum atomic E-state index is -3.63. The summed E-state index contributed by atoms with van der Waals surface area (Å²) in [7, 11) is -3.63. The molecule has 0 unspecified atom stereocenters. The van der Waals surface area contributed by atoms with Crippen LogP contribution in [0.3, 0.4) is 0 Å². The van der Waals surface area contributed by atoms with Crippen LogP contribution in [-0.2, 0) is 10.0 Å². The summed E-state index contributed by atoms with van der Waals surface area (Å²) in [4.78, 5) is 9.09. The van der Waals surface area contributed by atoms with Crippen molar-refractivity contribution < 1.29 is 8.42 Å². The van der Waals surface area contributed by atoms with Gasteiger partial charge in [-0.15, -0.1) is 0 Å². The molecular weight excluding hydrogens is 422 g/mol. The fourth-order valence-corrected chi connectivity index (χ4v) is 4.14. The molecule has 0 aliphatic carbocycles. The largest absolute Gasteiger partial charge is 0.340 e. The highest BCUT2D eigenvalue weighted by molar-refractivity contribution is 7.92. The highest BCUT2D eigenvalue weighted by Crippen LogP contribution is 2.23. The molecule has 0 radical (unpaired) electrons. The van der Waals surface area contributed by atoms with Crippen molar-refractivity contribution in [3.63, 3.8) is 0 Å². The average Bonchev–Trinajstić information content (AvgIpc) is 2.77. The number of hydrogen-bond acceptors (Lipinski definition) is 6. The van der Waals surface area contributed by atoms with E-state index < -0.39 is 10.0 Å². The van der Waals surface area contributed by atoms with Gasteiger partial charge in [0.1, 0.15) is 17.5 Å². The highest BCUT2D eigenvalue weighted by atomic mass is 32.2. The smallest absolute Gasteiger partial charge is 0.261 e. The van der Waals surface area contributed by atoms with Crippen molar-refractivity contribution in [3.8, 4) is 0 Å². The van der Waals surface area contributed by atoms with Crippen molar-refractivity contribution in [2.75, 3.05) is 15.4 Å². The molecule has 0 saturated carbocycles. The van der Waals surface area contributed by atoms with E-state index in [2.05, 4.69) is 25.3 Å². The molecular formula is C24H23N5O2S. The molecule has 8 heteroatoms. The molecule has 4 rings (SSSR count). The zero-order valence-electron chi connectivity index (χ0n) is 17.7. The van der Waals surface area contributed by atoms with Crippen molar-refractivity contribution in [2.45, 2.75) is 18.7 Å². The van der Waals surface area contributed by atoms with Gasteiger partial charge in [0, 0.05) is 23.1 Å². The van der Waals surface area contributed by atoms with Gasteiger partial charge >= 0.3 is 0 Å². The molecule has 162 valence electrons. The van der Waals surface area contributed by atoms with Gasteiger partial charge in [-0.3, -0.25) is 4.72 Å². The van der Waals surface area contributed by atoms with Gasteiger partial charge in [0.05, 0.1) is 4.90 Å². The fourth-order valence-electron chi connectivity index (χ4n) is 3.06. The normalized spacial score (nSPS) is 11.1. The zero-order valence-corrected chi connectivity index (χ0v) is 18.5. The maximum atomic E-state index is 12.5. The van der Waals surface area contributed by atoms with Gasteiger partial charge < -0.3 is 10.6 Å². The van der Waals surface area contributed by atoms with E-state index >= 15 is 0 Å². The number of sulfonamides is 1. The first-order valence-corrected chi connectivity index (χ1v) is 11.5. The molecule has 7 nitrogen and oxygen atoms in total. The number of aryl methyl sites for hydroxylation is 2. The van der Waals surface area contributed by atoms with Crippen molar-refractivity contribution in [1.82, 2.24) is 9.97 Å². The van der Waals surface area contributed by atoms with Crippen LogP contribution in [0.15, 0.2) is 89.8 Å². The Morgan fingerprint density at radius 1 is 0.656 bits per heavy atom. The standard InChI is InChI=1S/C24H23N5O2S/c1-17-8-10-19(11-9-17)27-23-16-24(26-18(2)25-23)28-20-12-14-21(15-13-20)29-32(30,31)22-6-4-3-5-7-22/h3-16,29H,1-2H3,(H2,25,26,27,28). The van der Waals surface area contributed by atoms with Crippen LogP contribution in [0.4, 0.5) is 28.7 Å². The van der Waals surface area contributed by atoms with Gasteiger partial charge in [-0.05, 0) is 62.4 Å². The summed E-state index contributed by atoms with van der Waals surface area (Å²) in [6, 6.07) is 25.1. The van der Waals surface area contributed by atoms with Gasteiger partial charge in [0.25, 0.3) is 10.0 Å². The van der Waals surface area contributed by atoms with Crippen molar-refractivity contribution in [3.05, 3.63) is 96.3 Å². The maximum absolute atomic E-state index is 12.5. The van der Waals surface area contributed by atoms with E-state index in [4.69, 9.17) is 0 Å². The predicted octanol–water partition coefficient (Wildman–Crippen LogP) is 5.38. The second kappa shape index (κ2) is 9.07. The lowest BCUT2D eigenvalue weighted by molar-refractivity contribution is 0.601. The third kappa shape index (κ3) is 5.41. The third-order valence-corrected chi connectivity index (χ3v) is 6.02. The first kappa shape index (κ1) is 21.3. The quantitative estimate of drug-likeness (QED) is 0.353. The minimum absolute atomic E-state index is 0.215. The van der Waals surface area contributed by atoms with E-state index in [1.165, 1.54) is 5.56 Å². The van der Waals surface area contributed by atoms with Gasteiger partial charge in [0.15, 0.2) is 0 Å². The Morgan fingerprint density at radius 3 is 1.72 bits per heavy atom. The number of rotatable bonds is 7.